The zero-order chi connectivity index (χ0) is 10.9. The van der Waals surface area contributed by atoms with Crippen molar-refractivity contribution >= 4 is 24.3 Å². The molecule has 0 bridgehead atoms. The molecule has 0 aromatic rings. The molecule has 0 heterocycles. The van der Waals surface area contributed by atoms with E-state index in [0.717, 1.165) is 11.5 Å². The molecule has 0 saturated heterocycles. The van der Waals surface area contributed by atoms with Crippen molar-refractivity contribution in [3.05, 3.63) is 11.6 Å². The van der Waals surface area contributed by atoms with E-state index in [2.05, 4.69) is 29.4 Å². The molecule has 0 aromatic carbocycles. The third-order valence-electron chi connectivity index (χ3n) is 1.93. The molecule has 3 nitrogen and oxygen atoms in total. The molecule has 0 atom stereocenters. The van der Waals surface area contributed by atoms with E-state index in [-0.39, 0.29) is 0 Å². The van der Waals surface area contributed by atoms with E-state index in [1.165, 1.54) is 18.4 Å². The first-order valence-corrected chi connectivity index (χ1v) is 6.52. The zero-order valence-corrected chi connectivity index (χ0v) is 10.3. The predicted molar refractivity (Wildman–Crippen MR) is 69.9 cm³/mol. The number of aliphatic imine (C=N–C) groups is 1. The summed E-state index contributed by atoms with van der Waals surface area (Å²) in [6, 6.07) is 0.561. The van der Waals surface area contributed by atoms with Crippen LogP contribution in [0.4, 0.5) is 0 Å². The van der Waals surface area contributed by atoms with Crippen LogP contribution in [0.2, 0.25) is 0 Å². The summed E-state index contributed by atoms with van der Waals surface area (Å²) in [6.07, 6.45) is 7.95. The van der Waals surface area contributed by atoms with Crippen molar-refractivity contribution in [2.24, 2.45) is 10.1 Å². The Morgan fingerprint density at radius 1 is 1.53 bits per heavy atom. The number of rotatable bonds is 7. The van der Waals surface area contributed by atoms with E-state index in [0.29, 0.717) is 6.04 Å². The highest BCUT2D eigenvalue weighted by Gasteiger charge is 2.18. The van der Waals surface area contributed by atoms with Crippen LogP contribution in [0, 0.1) is 0 Å². The van der Waals surface area contributed by atoms with Gasteiger partial charge in [-0.2, -0.15) is 16.9 Å². The highest BCUT2D eigenvalue weighted by Crippen LogP contribution is 2.22. The van der Waals surface area contributed by atoms with Crippen LogP contribution in [0.5, 0.6) is 0 Å². The molecular weight excluding hydrogens is 206 g/mol. The molecule has 0 spiro atoms. The van der Waals surface area contributed by atoms with Crippen molar-refractivity contribution in [2.45, 2.75) is 32.7 Å². The van der Waals surface area contributed by atoms with Gasteiger partial charge in [-0.3, -0.25) is 10.4 Å². The first-order valence-electron chi connectivity index (χ1n) is 5.36. The molecule has 1 rings (SSSR count). The lowest BCUT2D eigenvalue weighted by Crippen LogP contribution is -2.01. The Kier molecular flexibility index (Phi) is 6.16. The summed E-state index contributed by atoms with van der Waals surface area (Å²) in [6.45, 7) is 4.29. The smallest absolute Gasteiger partial charge is 0.103 e. The topological polar surface area (TPSA) is 36.8 Å². The van der Waals surface area contributed by atoms with Crippen LogP contribution in [0.25, 0.3) is 0 Å². The number of nitrogens with zero attached hydrogens (tertiary/aromatic N) is 2. The number of hydrazone groups is 1. The first-order chi connectivity index (χ1) is 7.33. The molecule has 4 heteroatoms. The van der Waals surface area contributed by atoms with Gasteiger partial charge in [0.05, 0.1) is 6.04 Å². The Morgan fingerprint density at radius 2 is 2.33 bits per heavy atom. The molecule has 0 unspecified atom stereocenters. The number of allylic oxidation sites excluding steroid dienone is 1. The van der Waals surface area contributed by atoms with Crippen molar-refractivity contribution in [1.82, 2.24) is 5.43 Å². The van der Waals surface area contributed by atoms with Gasteiger partial charge in [0.25, 0.3) is 0 Å². The first kappa shape index (κ1) is 12.3. The summed E-state index contributed by atoms with van der Waals surface area (Å²) in [5.41, 5.74) is 4.13. The lowest BCUT2D eigenvalue weighted by atomic mass is 10.3. The quantitative estimate of drug-likeness (QED) is 0.410. The molecule has 84 valence electrons. The number of hydrogen-bond donors (Lipinski definition) is 1. The molecule has 0 aliphatic heterocycles. The molecule has 0 amide bonds. The fraction of sp³-hybridized carbons (Fsp3) is 0.636. The van der Waals surface area contributed by atoms with Gasteiger partial charge in [-0.25, -0.2) is 0 Å². The third kappa shape index (κ3) is 7.19. The average molecular weight is 225 g/mol. The van der Waals surface area contributed by atoms with Gasteiger partial charge in [0.15, 0.2) is 0 Å². The molecule has 1 aliphatic carbocycles. The van der Waals surface area contributed by atoms with Crippen molar-refractivity contribution < 1.29 is 0 Å². The Morgan fingerprint density at radius 3 is 3.00 bits per heavy atom. The number of hydrogen-bond acceptors (Lipinski definition) is 3. The van der Waals surface area contributed by atoms with Crippen LogP contribution in [0.15, 0.2) is 21.7 Å². The zero-order valence-electron chi connectivity index (χ0n) is 9.44. The Labute approximate surface area is 96.1 Å². The minimum Gasteiger partial charge on any atom is -0.271 e. The summed E-state index contributed by atoms with van der Waals surface area (Å²) in [4.78, 5) is 4.23. The maximum Gasteiger partial charge on any atom is 0.103 e. The van der Waals surface area contributed by atoms with Gasteiger partial charge in [-0.05, 0) is 31.6 Å². The minimum atomic E-state index is 0.561. The van der Waals surface area contributed by atoms with Gasteiger partial charge in [0.1, 0.15) is 6.34 Å². The second-order valence-electron chi connectivity index (χ2n) is 3.57. The molecule has 0 aromatic heterocycles. The molecule has 15 heavy (non-hydrogen) atoms. The lowest BCUT2D eigenvalue weighted by molar-refractivity contribution is 1.00. The highest BCUT2D eigenvalue weighted by atomic mass is 32.2. The third-order valence-corrected chi connectivity index (χ3v) is 3.00. The fourth-order valence-electron chi connectivity index (χ4n) is 0.914. The van der Waals surface area contributed by atoms with Crippen molar-refractivity contribution in [1.29, 1.82) is 0 Å². The van der Waals surface area contributed by atoms with Crippen LogP contribution >= 0.6 is 11.8 Å². The van der Waals surface area contributed by atoms with E-state index >= 15 is 0 Å². The predicted octanol–water partition coefficient (Wildman–Crippen LogP) is 2.45. The second kappa shape index (κ2) is 7.51. The van der Waals surface area contributed by atoms with Gasteiger partial charge in [0, 0.05) is 12.0 Å². The maximum atomic E-state index is 4.23. The Balaban J connectivity index is 2.07. The summed E-state index contributed by atoms with van der Waals surface area (Å²) < 4.78 is 0. The monoisotopic (exact) mass is 225 g/mol. The van der Waals surface area contributed by atoms with E-state index in [1.54, 1.807) is 12.6 Å². The summed E-state index contributed by atoms with van der Waals surface area (Å²) in [5, 5.41) is 4.01. The van der Waals surface area contributed by atoms with Crippen molar-refractivity contribution in [3.8, 4) is 0 Å². The van der Waals surface area contributed by atoms with Gasteiger partial charge in [0.2, 0.25) is 0 Å². The Bertz CT molecular complexity index is 255. The Hall–Kier alpha value is -0.770. The molecule has 1 N–H and O–H groups in total. The van der Waals surface area contributed by atoms with Gasteiger partial charge >= 0.3 is 0 Å². The normalized spacial score (nSPS) is 17.9. The second-order valence-corrected chi connectivity index (χ2v) is 4.84. The molecule has 1 aliphatic rings. The van der Waals surface area contributed by atoms with E-state index in [4.69, 9.17) is 0 Å². The standard InChI is InChI=1S/C11H19N3S/c1-3-15-8-10(2)6-7-13-14-9-12-11-4-5-11/h6-7,9,11H,3-5,8H2,1-2H3,(H,12,14)/b10-6+,13-7+. The fourth-order valence-corrected chi connectivity index (χ4v) is 1.54. The van der Waals surface area contributed by atoms with Crippen LogP contribution in [0.3, 0.4) is 0 Å². The molecule has 1 saturated carbocycles. The summed E-state index contributed by atoms with van der Waals surface area (Å²) in [7, 11) is 0. The van der Waals surface area contributed by atoms with E-state index in [9.17, 15) is 0 Å². The largest absolute Gasteiger partial charge is 0.271 e. The SMILES string of the molecule is CCSC/C(C)=C/C=N/NC=NC1CC1. The van der Waals surface area contributed by atoms with Gasteiger partial charge in [-0.1, -0.05) is 12.5 Å². The van der Waals surface area contributed by atoms with Gasteiger partial charge < -0.3 is 0 Å². The van der Waals surface area contributed by atoms with Crippen molar-refractivity contribution in [2.75, 3.05) is 11.5 Å². The van der Waals surface area contributed by atoms with Crippen LogP contribution < -0.4 is 5.43 Å². The van der Waals surface area contributed by atoms with Crippen LogP contribution in [-0.4, -0.2) is 30.1 Å². The van der Waals surface area contributed by atoms with Crippen LogP contribution in [0.1, 0.15) is 26.7 Å². The number of thioether (sulfide) groups is 1. The summed E-state index contributed by atoms with van der Waals surface area (Å²) in [5.74, 6) is 2.24. The highest BCUT2D eigenvalue weighted by molar-refractivity contribution is 7.99. The summed E-state index contributed by atoms with van der Waals surface area (Å²) >= 11 is 1.92. The van der Waals surface area contributed by atoms with Gasteiger partial charge in [-0.15, -0.1) is 0 Å². The van der Waals surface area contributed by atoms with Crippen LogP contribution in [-0.2, 0) is 0 Å². The van der Waals surface area contributed by atoms with E-state index in [1.807, 2.05) is 17.8 Å². The molecule has 1 fully saturated rings. The van der Waals surface area contributed by atoms with E-state index < -0.39 is 0 Å². The molecule has 0 radical (unpaired) electrons. The maximum absolute atomic E-state index is 4.23. The molecular formula is C11H19N3S. The minimum absolute atomic E-state index is 0.561. The number of nitrogens with one attached hydrogen (secondary N) is 1. The average Bonchev–Trinajstić information content (AvgIpc) is 3.04. The lowest BCUT2D eigenvalue weighted by Gasteiger charge is -1.95. The van der Waals surface area contributed by atoms with Crippen molar-refractivity contribution in [3.63, 3.8) is 0 Å².